The van der Waals surface area contributed by atoms with Gasteiger partial charge in [-0.2, -0.15) is 0 Å². The molecule has 5 aromatic carbocycles. The van der Waals surface area contributed by atoms with Gasteiger partial charge in [0.25, 0.3) is 0 Å². The number of benzene rings is 5. The number of aromatic nitrogens is 4. The highest BCUT2D eigenvalue weighted by Crippen LogP contribution is 2.46. The number of nitrogens with zero attached hydrogens (tertiary/aromatic N) is 4. The Balaban J connectivity index is 1.19. The predicted molar refractivity (Wildman–Crippen MR) is 214 cm³/mol. The molecule has 3 heterocycles. The fourth-order valence-electron chi connectivity index (χ4n) is 7.57. The highest BCUT2D eigenvalue weighted by Gasteiger charge is 2.29. The molecule has 0 N–H and O–H groups in total. The van der Waals surface area contributed by atoms with Gasteiger partial charge in [0.15, 0.2) is 11.6 Å². The van der Waals surface area contributed by atoms with Crippen LogP contribution in [-0.4, -0.2) is 19.9 Å². The summed E-state index contributed by atoms with van der Waals surface area (Å²) in [5.41, 5.74) is 8.98. The van der Waals surface area contributed by atoms with E-state index >= 15 is 0 Å². The molecule has 6 aromatic rings. The molecule has 0 spiro atoms. The first-order valence-corrected chi connectivity index (χ1v) is 18.5. The molecule has 2 aliphatic carbocycles. The Morgan fingerprint density at radius 3 is 1.81 bits per heavy atom. The quantitative estimate of drug-likeness (QED) is 0.181. The van der Waals surface area contributed by atoms with Gasteiger partial charge in [-0.1, -0.05) is 172 Å². The predicted octanol–water partition coefficient (Wildman–Crippen LogP) is 10.1. The number of allylic oxidation sites excluding steroid dienone is 4. The van der Waals surface area contributed by atoms with Crippen LogP contribution in [-0.2, 0) is 0 Å². The molecule has 0 radical (unpaired) electrons. The summed E-state index contributed by atoms with van der Waals surface area (Å²) in [4.78, 5) is 21.0. The van der Waals surface area contributed by atoms with Crippen molar-refractivity contribution in [1.29, 1.82) is 0 Å². The Morgan fingerprint density at radius 1 is 0.481 bits per heavy atom. The molecule has 244 valence electrons. The van der Waals surface area contributed by atoms with Gasteiger partial charge in [-0.3, -0.25) is 4.98 Å². The zero-order chi connectivity index (χ0) is 34.4. The lowest BCUT2D eigenvalue weighted by molar-refractivity contribution is 0.823. The van der Waals surface area contributed by atoms with Crippen LogP contribution in [0, 0.1) is 0 Å². The molecule has 10 rings (SSSR count). The van der Waals surface area contributed by atoms with E-state index in [1.807, 2.05) is 24.3 Å². The minimum absolute atomic E-state index is 0.0800. The van der Waals surface area contributed by atoms with E-state index in [4.69, 9.17) is 19.9 Å². The van der Waals surface area contributed by atoms with Crippen LogP contribution in [0.4, 0.5) is 0 Å². The minimum atomic E-state index is -0.276. The molecule has 4 aliphatic rings. The molecule has 0 saturated heterocycles. The number of hydrogen-bond donors (Lipinski definition) is 0. The molecule has 4 nitrogen and oxygen atoms in total. The van der Waals surface area contributed by atoms with Gasteiger partial charge in [0.1, 0.15) is 5.82 Å². The van der Waals surface area contributed by atoms with Gasteiger partial charge in [0.05, 0.1) is 17.0 Å². The van der Waals surface area contributed by atoms with Crippen molar-refractivity contribution in [3.8, 4) is 44.8 Å². The van der Waals surface area contributed by atoms with Crippen molar-refractivity contribution >= 4 is 30.8 Å². The number of fused-ring (bicyclic) bond motifs is 7. The molecule has 1 aromatic heterocycles. The second kappa shape index (κ2) is 12.8. The highest BCUT2D eigenvalue weighted by molar-refractivity contribution is 7.41. The maximum atomic E-state index is 5.58. The van der Waals surface area contributed by atoms with Crippen LogP contribution in [0.25, 0.3) is 67.4 Å². The summed E-state index contributed by atoms with van der Waals surface area (Å²) >= 11 is 0. The third kappa shape index (κ3) is 5.28. The molecule has 2 atom stereocenters. The monoisotopic (exact) mass is 682 g/mol. The van der Waals surface area contributed by atoms with Crippen LogP contribution in [0.15, 0.2) is 164 Å². The summed E-state index contributed by atoms with van der Waals surface area (Å²) in [5, 5.41) is 6.03. The maximum absolute atomic E-state index is 5.58. The van der Waals surface area contributed by atoms with Gasteiger partial charge >= 0.3 is 0 Å². The van der Waals surface area contributed by atoms with Gasteiger partial charge in [-0.05, 0) is 39.8 Å². The number of rotatable bonds is 5. The van der Waals surface area contributed by atoms with Crippen molar-refractivity contribution in [2.24, 2.45) is 0 Å². The van der Waals surface area contributed by atoms with Gasteiger partial charge in [0, 0.05) is 38.2 Å². The zero-order valence-electron chi connectivity index (χ0n) is 28.1. The SMILES string of the molecule is C1=CC(c2ccccc2)c2c3c4ccccc4pc-3c3c(nc2=C1)C(c1nc(-c2ccccc2)nc(-c2ccc(-c4ccccc4)cc2)n1)C=CC=3. The van der Waals surface area contributed by atoms with E-state index in [0.29, 0.717) is 17.5 Å². The Bertz CT molecular complexity index is 2780. The summed E-state index contributed by atoms with van der Waals surface area (Å²) in [7, 11) is 1.18. The molecule has 0 bridgehead atoms. The Hall–Kier alpha value is -6.35. The van der Waals surface area contributed by atoms with E-state index in [1.54, 1.807) is 0 Å². The molecule has 5 heteroatoms. The molecule has 0 saturated carbocycles. The average molecular weight is 683 g/mol. The Kier molecular flexibility index (Phi) is 7.48. The summed E-state index contributed by atoms with van der Waals surface area (Å²) in [6.07, 6.45) is 13.2. The van der Waals surface area contributed by atoms with Gasteiger partial charge in [-0.25, -0.2) is 15.0 Å². The average Bonchev–Trinajstić information content (AvgIpc) is 3.54. The van der Waals surface area contributed by atoms with Crippen molar-refractivity contribution < 1.29 is 0 Å². The van der Waals surface area contributed by atoms with Gasteiger partial charge < -0.3 is 0 Å². The van der Waals surface area contributed by atoms with Crippen molar-refractivity contribution in [2.45, 2.75) is 11.8 Å². The van der Waals surface area contributed by atoms with E-state index in [0.717, 1.165) is 33.0 Å². The first kappa shape index (κ1) is 30.5. The lowest BCUT2D eigenvalue weighted by Gasteiger charge is -2.18. The van der Waals surface area contributed by atoms with Gasteiger partial charge in [0.2, 0.25) is 0 Å². The van der Waals surface area contributed by atoms with Crippen molar-refractivity contribution in [2.75, 3.05) is 0 Å². The second-order valence-electron chi connectivity index (χ2n) is 13.2. The van der Waals surface area contributed by atoms with Crippen LogP contribution in [0.2, 0.25) is 0 Å². The zero-order valence-corrected chi connectivity index (χ0v) is 29.0. The van der Waals surface area contributed by atoms with Gasteiger partial charge in [-0.15, -0.1) is 0 Å². The van der Waals surface area contributed by atoms with Crippen molar-refractivity contribution in [1.82, 2.24) is 19.9 Å². The van der Waals surface area contributed by atoms with E-state index < -0.39 is 0 Å². The highest BCUT2D eigenvalue weighted by atomic mass is 31.0. The fraction of sp³-hybridized carbons (Fsp3) is 0.0426. The topological polar surface area (TPSA) is 51.6 Å². The first-order valence-electron chi connectivity index (χ1n) is 17.6. The van der Waals surface area contributed by atoms with E-state index in [2.05, 4.69) is 152 Å². The largest absolute Gasteiger partial charge is 0.251 e. The van der Waals surface area contributed by atoms with Crippen molar-refractivity contribution in [3.63, 3.8) is 0 Å². The molecule has 0 amide bonds. The molecule has 0 fully saturated rings. The Labute approximate surface area is 303 Å². The third-order valence-electron chi connectivity index (χ3n) is 10.1. The van der Waals surface area contributed by atoms with E-state index in [-0.39, 0.29) is 11.8 Å². The number of hydrogen-bond acceptors (Lipinski definition) is 4. The lowest BCUT2D eigenvalue weighted by atomic mass is 9.85. The standard InChI is InChI=1S/C47H31N4P/c1-4-14-30(15-5-1)31-26-28-34(29-27-31)46-49-45(33-18-8-3-9-19-33)50-47(51-46)38-23-12-22-37-43(38)48-39-24-13-21-35(32-16-6-2-7-17-32)41(39)42-36-20-10-11-25-40(36)52-44(37)42/h1-29,35,38H. The summed E-state index contributed by atoms with van der Waals surface area (Å²) in [6.45, 7) is 0. The normalized spacial score (nSPS) is 16.0. The summed E-state index contributed by atoms with van der Waals surface area (Å²) < 4.78 is 0. The van der Waals surface area contributed by atoms with Crippen LogP contribution in [0.5, 0.6) is 0 Å². The third-order valence-corrected chi connectivity index (χ3v) is 11.4. The Morgan fingerprint density at radius 2 is 1.06 bits per heavy atom. The first-order chi connectivity index (χ1) is 25.8. The second-order valence-corrected chi connectivity index (χ2v) is 14.3. The van der Waals surface area contributed by atoms with Crippen LogP contribution < -0.4 is 10.6 Å². The molecular weight excluding hydrogens is 652 g/mol. The molecule has 52 heavy (non-hydrogen) atoms. The molecule has 2 aliphatic heterocycles. The fourth-order valence-corrected chi connectivity index (χ4v) is 8.94. The smallest absolute Gasteiger partial charge is 0.163 e. The van der Waals surface area contributed by atoms with E-state index in [9.17, 15) is 0 Å². The summed E-state index contributed by atoms with van der Waals surface area (Å²) in [5.74, 6) is 1.78. The summed E-state index contributed by atoms with van der Waals surface area (Å²) in [6, 6.07) is 48.7. The lowest BCUT2D eigenvalue weighted by Crippen LogP contribution is -2.23. The minimum Gasteiger partial charge on any atom is -0.251 e. The molecular formula is C47H31N4P. The van der Waals surface area contributed by atoms with Crippen LogP contribution in [0.1, 0.15) is 34.5 Å². The van der Waals surface area contributed by atoms with E-state index in [1.165, 1.54) is 46.2 Å². The van der Waals surface area contributed by atoms with Crippen molar-refractivity contribution in [3.05, 3.63) is 197 Å². The van der Waals surface area contributed by atoms with Crippen LogP contribution in [0.3, 0.4) is 0 Å². The van der Waals surface area contributed by atoms with Crippen LogP contribution >= 0.6 is 8.19 Å². The maximum Gasteiger partial charge on any atom is 0.163 e. The molecule has 2 unspecified atom stereocenters.